The molecule has 0 fully saturated rings. The largest absolute Gasteiger partial charge is 0.402 e. The zero-order valence-corrected chi connectivity index (χ0v) is 13.8. The lowest BCUT2D eigenvalue weighted by Crippen LogP contribution is -2.41. The molecule has 1 heterocycles. The number of nitrogens with zero attached hydrogens (tertiary/aromatic N) is 2. The van der Waals surface area contributed by atoms with Crippen molar-refractivity contribution in [3.8, 4) is 0 Å². The van der Waals surface area contributed by atoms with Gasteiger partial charge < -0.3 is 10.5 Å². The Hall–Kier alpha value is -1.93. The van der Waals surface area contributed by atoms with Crippen LogP contribution in [0.3, 0.4) is 0 Å². The lowest BCUT2D eigenvalue weighted by molar-refractivity contribution is -0.122. The van der Waals surface area contributed by atoms with Gasteiger partial charge in [0, 0.05) is 43.9 Å². The summed E-state index contributed by atoms with van der Waals surface area (Å²) in [5.41, 5.74) is 6.74. The summed E-state index contributed by atoms with van der Waals surface area (Å²) in [6, 6.07) is 0. The molecule has 1 amide bonds. The first-order valence-electron chi connectivity index (χ1n) is 6.61. The molecule has 0 saturated heterocycles. The van der Waals surface area contributed by atoms with Crippen molar-refractivity contribution in [1.29, 1.82) is 0 Å². The minimum atomic E-state index is -3.55. The van der Waals surface area contributed by atoms with Crippen LogP contribution >= 0.6 is 0 Å². The topological polar surface area (TPSA) is 102 Å². The van der Waals surface area contributed by atoms with Crippen LogP contribution in [-0.4, -0.2) is 51.6 Å². The molecule has 0 bridgehead atoms. The number of amidine groups is 1. The molecule has 1 aliphatic heterocycles. The Labute approximate surface area is 130 Å². The summed E-state index contributed by atoms with van der Waals surface area (Å²) in [6.07, 6.45) is 4.49. The minimum Gasteiger partial charge on any atom is -0.402 e. The smallest absolute Gasteiger partial charge is 0.252 e. The highest BCUT2D eigenvalue weighted by Crippen LogP contribution is 2.18. The number of aliphatic imine (C=N–C) groups is 1. The molecule has 0 aromatic carbocycles. The molecule has 0 aliphatic carbocycles. The fraction of sp³-hybridized carbons (Fsp3) is 0.429. The van der Waals surface area contributed by atoms with E-state index in [1.54, 1.807) is 14.0 Å². The molecular formula is C14H21N3O4S. The predicted molar refractivity (Wildman–Crippen MR) is 85.7 cm³/mol. The Balaban J connectivity index is 3.29. The van der Waals surface area contributed by atoms with Gasteiger partial charge in [0.15, 0.2) is 9.84 Å². The lowest BCUT2D eigenvalue weighted by Gasteiger charge is -2.27. The van der Waals surface area contributed by atoms with Crippen LogP contribution < -0.4 is 5.73 Å². The molecule has 0 aromatic heterocycles. The highest BCUT2D eigenvalue weighted by atomic mass is 32.2. The first-order chi connectivity index (χ1) is 10.2. The first kappa shape index (κ1) is 18.1. The molecule has 0 radical (unpaired) electrons. The number of hydrogen-bond donors (Lipinski definition) is 1. The zero-order chi connectivity index (χ0) is 16.9. The van der Waals surface area contributed by atoms with E-state index in [9.17, 15) is 13.2 Å². The lowest BCUT2D eigenvalue weighted by atomic mass is 10.1. The molecule has 0 saturated carbocycles. The quantitative estimate of drug-likeness (QED) is 0.719. The van der Waals surface area contributed by atoms with Crippen molar-refractivity contribution in [3.63, 3.8) is 0 Å². The normalized spacial score (nSPS) is 19.7. The third-order valence-corrected chi connectivity index (χ3v) is 3.92. The zero-order valence-electron chi connectivity index (χ0n) is 13.0. The fourth-order valence-corrected chi connectivity index (χ4v) is 2.03. The van der Waals surface area contributed by atoms with Gasteiger partial charge in [-0.15, -0.1) is 0 Å². The van der Waals surface area contributed by atoms with Crippen LogP contribution in [-0.2, 0) is 19.4 Å². The van der Waals surface area contributed by atoms with E-state index in [1.165, 1.54) is 17.1 Å². The van der Waals surface area contributed by atoms with E-state index in [2.05, 4.69) is 11.6 Å². The van der Waals surface area contributed by atoms with E-state index in [4.69, 9.17) is 10.5 Å². The van der Waals surface area contributed by atoms with Crippen molar-refractivity contribution in [2.24, 2.45) is 10.7 Å². The molecule has 2 N–H and O–H groups in total. The highest BCUT2D eigenvalue weighted by molar-refractivity contribution is 7.94. The summed E-state index contributed by atoms with van der Waals surface area (Å²) in [4.78, 5) is 17.5. The minimum absolute atomic E-state index is 0.194. The number of hydrogen-bond acceptors (Lipinski definition) is 6. The number of carbonyl (C=O) groups excluding carboxylic acids is 1. The van der Waals surface area contributed by atoms with Crippen LogP contribution in [0, 0.1) is 0 Å². The third kappa shape index (κ3) is 4.54. The predicted octanol–water partition coefficient (Wildman–Crippen LogP) is 0.568. The van der Waals surface area contributed by atoms with Crippen LogP contribution in [0.15, 0.2) is 40.0 Å². The summed E-state index contributed by atoms with van der Waals surface area (Å²) in [5.74, 6) is -0.0971. The molecule has 22 heavy (non-hydrogen) atoms. The number of allylic oxidation sites excluding steroid dienone is 1. The second-order valence-corrected chi connectivity index (χ2v) is 6.88. The van der Waals surface area contributed by atoms with Gasteiger partial charge in [0.25, 0.3) is 5.91 Å². The van der Waals surface area contributed by atoms with Crippen molar-refractivity contribution in [3.05, 3.63) is 35.0 Å². The standard InChI is InChI=1S/C14H21N3O4S/c1-10(15)12-6-7-13(18)17(8-5-9-21-3)14(12)16-11(2)22(4,19)20/h6-7H,2,5,8-9,15H2,1,3-4H3/b12-10-,16-14+. The maximum Gasteiger partial charge on any atom is 0.252 e. The van der Waals surface area contributed by atoms with Crippen LogP contribution in [0.2, 0.25) is 0 Å². The molecule has 0 spiro atoms. The highest BCUT2D eigenvalue weighted by Gasteiger charge is 2.26. The Kier molecular flexibility index (Phi) is 6.07. The number of sulfone groups is 1. The molecule has 122 valence electrons. The van der Waals surface area contributed by atoms with E-state index in [0.717, 1.165) is 6.26 Å². The number of rotatable bonds is 6. The maximum atomic E-state index is 12.1. The van der Waals surface area contributed by atoms with Gasteiger partial charge in [-0.3, -0.25) is 9.69 Å². The van der Waals surface area contributed by atoms with Gasteiger partial charge in [-0.05, 0) is 19.4 Å². The van der Waals surface area contributed by atoms with Crippen molar-refractivity contribution in [1.82, 2.24) is 4.90 Å². The molecule has 1 rings (SSSR count). The summed E-state index contributed by atoms with van der Waals surface area (Å²) < 4.78 is 28.0. The van der Waals surface area contributed by atoms with Gasteiger partial charge in [-0.25, -0.2) is 13.4 Å². The summed E-state index contributed by atoms with van der Waals surface area (Å²) >= 11 is 0. The summed E-state index contributed by atoms with van der Waals surface area (Å²) in [5, 5.41) is -0.318. The van der Waals surface area contributed by atoms with Crippen molar-refractivity contribution < 1.29 is 17.9 Å². The Morgan fingerprint density at radius 3 is 2.59 bits per heavy atom. The second kappa shape index (κ2) is 7.37. The number of methoxy groups -OCH3 is 1. The first-order valence-corrected chi connectivity index (χ1v) is 8.50. The Bertz CT molecular complexity index is 656. The number of nitrogens with two attached hydrogens (primary N) is 1. The number of carbonyl (C=O) groups is 1. The van der Waals surface area contributed by atoms with Crippen LogP contribution in [0.4, 0.5) is 0 Å². The number of amides is 1. The van der Waals surface area contributed by atoms with Gasteiger partial charge in [0.2, 0.25) is 0 Å². The van der Waals surface area contributed by atoms with E-state index >= 15 is 0 Å². The second-order valence-electron chi connectivity index (χ2n) is 4.87. The summed E-state index contributed by atoms with van der Waals surface area (Å²) in [7, 11) is -1.99. The molecule has 7 nitrogen and oxygen atoms in total. The average Bonchev–Trinajstić information content (AvgIpc) is 2.40. The fourth-order valence-electron chi connectivity index (χ4n) is 1.78. The molecular weight excluding hydrogens is 306 g/mol. The monoisotopic (exact) mass is 327 g/mol. The van der Waals surface area contributed by atoms with Gasteiger partial charge in [-0.1, -0.05) is 6.58 Å². The van der Waals surface area contributed by atoms with Gasteiger partial charge in [0.1, 0.15) is 10.9 Å². The molecule has 8 heteroatoms. The maximum absolute atomic E-state index is 12.1. The molecule has 0 aromatic rings. The third-order valence-electron chi connectivity index (χ3n) is 2.97. The van der Waals surface area contributed by atoms with Crippen molar-refractivity contribution in [2.75, 3.05) is 26.5 Å². The van der Waals surface area contributed by atoms with Crippen molar-refractivity contribution in [2.45, 2.75) is 13.3 Å². The summed E-state index contributed by atoms with van der Waals surface area (Å²) in [6.45, 7) is 5.90. The van der Waals surface area contributed by atoms with Crippen LogP contribution in [0.1, 0.15) is 13.3 Å². The Morgan fingerprint density at radius 1 is 1.45 bits per heavy atom. The van der Waals surface area contributed by atoms with Crippen LogP contribution in [0.5, 0.6) is 0 Å². The van der Waals surface area contributed by atoms with Gasteiger partial charge in [0.05, 0.1) is 0 Å². The van der Waals surface area contributed by atoms with E-state index in [0.29, 0.717) is 30.8 Å². The Morgan fingerprint density at radius 2 is 2.09 bits per heavy atom. The molecule has 0 atom stereocenters. The SMILES string of the molecule is C=C(/N=C1\C(=C(\C)N)C=CC(=O)N1CCCOC)S(C)(=O)=O. The molecule has 0 unspecified atom stereocenters. The van der Waals surface area contributed by atoms with Crippen LogP contribution in [0.25, 0.3) is 0 Å². The average molecular weight is 327 g/mol. The van der Waals surface area contributed by atoms with E-state index < -0.39 is 9.84 Å². The number of ether oxygens (including phenoxy) is 1. The van der Waals surface area contributed by atoms with E-state index in [-0.39, 0.29) is 16.8 Å². The molecule has 1 aliphatic rings. The van der Waals surface area contributed by atoms with Gasteiger partial charge in [-0.2, -0.15) is 0 Å². The van der Waals surface area contributed by atoms with Crippen molar-refractivity contribution >= 4 is 21.6 Å². The van der Waals surface area contributed by atoms with E-state index in [1.807, 2.05) is 0 Å². The van der Waals surface area contributed by atoms with Gasteiger partial charge >= 0.3 is 0 Å².